The zero-order chi connectivity index (χ0) is 18.8. The fraction of sp³-hybridized carbons (Fsp3) is 0.571. The summed E-state index contributed by atoms with van der Waals surface area (Å²) in [7, 11) is 0. The molecule has 1 aliphatic rings. The number of nitrogens with one attached hydrogen (secondary N) is 1. The first-order chi connectivity index (χ1) is 12.4. The Balaban J connectivity index is 1.75. The van der Waals surface area contributed by atoms with E-state index in [0.717, 1.165) is 0 Å². The summed E-state index contributed by atoms with van der Waals surface area (Å²) in [5.74, 6) is -0.251. The molecule has 2 aromatic heterocycles. The molecule has 0 amide bonds. The van der Waals surface area contributed by atoms with E-state index < -0.39 is 30.4 Å². The van der Waals surface area contributed by atoms with Gasteiger partial charge in [-0.15, -0.1) is 0 Å². The molecule has 1 aliphatic heterocycles. The van der Waals surface area contributed by atoms with E-state index in [0.29, 0.717) is 23.3 Å². The quantitative estimate of drug-likeness (QED) is 0.258. The monoisotopic (exact) mass is 448 g/mol. The van der Waals surface area contributed by atoms with Crippen molar-refractivity contribution in [3.8, 4) is 0 Å². The number of aliphatic hydroxyl groups excluding tert-OH is 1. The SMILES string of the molecule is Nc1ncnc2c1ncn2[C@@H]1O[C@H](CN[C@@H](CCS)C(=O)O)[C@@H](O)[C@H]1[SeH]. The van der Waals surface area contributed by atoms with Gasteiger partial charge in [0.05, 0.1) is 0 Å². The number of hydrogen-bond acceptors (Lipinski definition) is 9. The number of anilines is 1. The Morgan fingerprint density at radius 2 is 2.27 bits per heavy atom. The van der Waals surface area contributed by atoms with Crippen molar-refractivity contribution in [2.45, 2.75) is 35.7 Å². The van der Waals surface area contributed by atoms with Crippen molar-refractivity contribution in [2.75, 3.05) is 18.0 Å². The first-order valence-corrected chi connectivity index (χ1v) is 9.67. The number of aliphatic hydroxyl groups is 1. The molecule has 0 bridgehead atoms. The number of ether oxygens (including phenoxy) is 1. The van der Waals surface area contributed by atoms with Gasteiger partial charge in [0.15, 0.2) is 0 Å². The Bertz CT molecular complexity index is 792. The van der Waals surface area contributed by atoms with E-state index >= 15 is 0 Å². The molecule has 1 fully saturated rings. The number of nitrogens with zero attached hydrogens (tertiary/aromatic N) is 4. The van der Waals surface area contributed by atoms with E-state index in [1.54, 1.807) is 10.9 Å². The van der Waals surface area contributed by atoms with Crippen LogP contribution in [0.15, 0.2) is 12.7 Å². The third-order valence-corrected chi connectivity index (χ3v) is 5.71. The summed E-state index contributed by atoms with van der Waals surface area (Å²) in [6.45, 7) is 0.195. The van der Waals surface area contributed by atoms with E-state index in [9.17, 15) is 15.0 Å². The van der Waals surface area contributed by atoms with E-state index in [2.05, 4.69) is 48.9 Å². The second-order valence-corrected chi connectivity index (χ2v) is 7.64. The van der Waals surface area contributed by atoms with Crippen LogP contribution in [0.3, 0.4) is 0 Å². The molecule has 10 nitrogen and oxygen atoms in total. The third-order valence-electron chi connectivity index (χ3n) is 4.28. The predicted octanol–water partition coefficient (Wildman–Crippen LogP) is -1.28. The van der Waals surface area contributed by atoms with Gasteiger partial charge in [0, 0.05) is 0 Å². The summed E-state index contributed by atoms with van der Waals surface area (Å²) in [6.07, 6.45) is 1.36. The van der Waals surface area contributed by atoms with Crippen LogP contribution in [-0.4, -0.2) is 82.3 Å². The van der Waals surface area contributed by atoms with E-state index in [4.69, 9.17) is 10.5 Å². The molecule has 1 saturated heterocycles. The van der Waals surface area contributed by atoms with E-state index in [-0.39, 0.29) is 17.2 Å². The first-order valence-electron chi connectivity index (χ1n) is 7.95. The van der Waals surface area contributed by atoms with E-state index in [1.807, 2.05) is 0 Å². The molecule has 0 radical (unpaired) electrons. The maximum absolute atomic E-state index is 11.2. The summed E-state index contributed by atoms with van der Waals surface area (Å²) < 4.78 is 7.66. The molecule has 26 heavy (non-hydrogen) atoms. The molecule has 12 heteroatoms. The van der Waals surface area contributed by atoms with Crippen LogP contribution in [-0.2, 0) is 9.53 Å². The van der Waals surface area contributed by atoms with Gasteiger partial charge in [-0.3, -0.25) is 0 Å². The van der Waals surface area contributed by atoms with Crippen LogP contribution in [0.5, 0.6) is 0 Å². The average molecular weight is 447 g/mol. The fourth-order valence-electron chi connectivity index (χ4n) is 2.88. The van der Waals surface area contributed by atoms with Crippen LogP contribution in [0.2, 0.25) is 4.82 Å². The third kappa shape index (κ3) is 3.66. The zero-order valence-electron chi connectivity index (χ0n) is 13.6. The molecule has 0 saturated carbocycles. The molecule has 0 spiro atoms. The molecule has 0 unspecified atom stereocenters. The fourth-order valence-corrected chi connectivity index (χ4v) is 3.99. The maximum atomic E-state index is 11.2. The van der Waals surface area contributed by atoms with Gasteiger partial charge in [0.25, 0.3) is 0 Å². The molecule has 2 aromatic rings. The number of aromatic nitrogens is 4. The molecule has 0 aliphatic carbocycles. The number of thiol groups is 1. The van der Waals surface area contributed by atoms with Crippen molar-refractivity contribution in [3.63, 3.8) is 0 Å². The summed E-state index contributed by atoms with van der Waals surface area (Å²) >= 11 is 6.45. The van der Waals surface area contributed by atoms with Crippen molar-refractivity contribution in [1.29, 1.82) is 0 Å². The van der Waals surface area contributed by atoms with Gasteiger partial charge in [0.2, 0.25) is 0 Å². The number of nitrogen functional groups attached to an aromatic ring is 1. The number of carboxylic acids is 1. The first kappa shape index (κ1) is 19.3. The molecule has 0 aromatic carbocycles. The zero-order valence-corrected chi connectivity index (χ0v) is 16.4. The molecule has 142 valence electrons. The van der Waals surface area contributed by atoms with Gasteiger partial charge in [-0.2, -0.15) is 0 Å². The minimum absolute atomic E-state index is 0.195. The second-order valence-electron chi connectivity index (χ2n) is 5.94. The van der Waals surface area contributed by atoms with Crippen LogP contribution in [0.25, 0.3) is 11.2 Å². The van der Waals surface area contributed by atoms with Crippen molar-refractivity contribution >= 4 is 51.6 Å². The number of nitrogens with two attached hydrogens (primary N) is 1. The second kappa shape index (κ2) is 8.07. The number of fused-ring (bicyclic) bond motifs is 1. The Labute approximate surface area is 162 Å². The number of rotatable bonds is 7. The molecular formula is C14H20N6O4SSe. The summed E-state index contributed by atoms with van der Waals surface area (Å²) in [6, 6.07) is -0.742. The van der Waals surface area contributed by atoms with Crippen LogP contribution >= 0.6 is 12.6 Å². The number of carboxylic acid groups (broad SMARTS) is 1. The Morgan fingerprint density at radius 3 is 2.96 bits per heavy atom. The van der Waals surface area contributed by atoms with Gasteiger partial charge in [0.1, 0.15) is 0 Å². The Kier molecular flexibility index (Phi) is 6.00. The average Bonchev–Trinajstić information content (AvgIpc) is 3.15. The van der Waals surface area contributed by atoms with Gasteiger partial charge >= 0.3 is 163 Å². The summed E-state index contributed by atoms with van der Waals surface area (Å²) in [4.78, 5) is 23.2. The van der Waals surface area contributed by atoms with Crippen molar-refractivity contribution < 1.29 is 19.7 Å². The molecular weight excluding hydrogens is 427 g/mol. The van der Waals surface area contributed by atoms with Crippen molar-refractivity contribution in [1.82, 2.24) is 24.8 Å². The summed E-state index contributed by atoms with van der Waals surface area (Å²) in [5, 5.41) is 22.6. The molecule has 5 atom stereocenters. The molecule has 3 rings (SSSR count). The van der Waals surface area contributed by atoms with Gasteiger partial charge < -0.3 is 0 Å². The van der Waals surface area contributed by atoms with Gasteiger partial charge in [-0.05, 0) is 0 Å². The summed E-state index contributed by atoms with van der Waals surface area (Å²) in [5.41, 5.74) is 6.78. The van der Waals surface area contributed by atoms with Gasteiger partial charge in [-0.1, -0.05) is 0 Å². The van der Waals surface area contributed by atoms with Gasteiger partial charge in [-0.25, -0.2) is 0 Å². The van der Waals surface area contributed by atoms with Crippen LogP contribution < -0.4 is 11.1 Å². The normalized spacial score (nSPS) is 27.0. The standard InChI is InChI=1S/C14H20N6O4SSe/c15-11-8-12(18-4-17-11)20(5-19-8)13-10(26)9(21)7(24-13)3-16-6(1-2-25)14(22)23/h4-7,9-10,13,16,21,25-26H,1-3H2,(H,22,23)(H2,15,17,18)/t6-,7+,9+,10+,13+/m0/s1. The number of aliphatic carboxylic acids is 1. The minimum atomic E-state index is -0.959. The Hall–Kier alpha value is -1.43. The molecule has 5 N–H and O–H groups in total. The number of imidazole rings is 1. The number of hydrogen-bond donors (Lipinski definition) is 5. The predicted molar refractivity (Wildman–Crippen MR) is 98.4 cm³/mol. The van der Waals surface area contributed by atoms with E-state index in [1.165, 1.54) is 6.33 Å². The van der Waals surface area contributed by atoms with Crippen LogP contribution in [0.4, 0.5) is 5.82 Å². The van der Waals surface area contributed by atoms with Crippen molar-refractivity contribution in [3.05, 3.63) is 12.7 Å². The number of carbonyl (C=O) groups is 1. The molecule has 3 heterocycles. The van der Waals surface area contributed by atoms with Crippen molar-refractivity contribution in [2.24, 2.45) is 0 Å². The van der Waals surface area contributed by atoms with Crippen LogP contribution in [0, 0.1) is 0 Å². The Morgan fingerprint density at radius 1 is 1.50 bits per heavy atom. The van der Waals surface area contributed by atoms with Crippen LogP contribution in [0.1, 0.15) is 12.6 Å². The topological polar surface area (TPSA) is 148 Å².